The third-order valence-electron chi connectivity index (χ3n) is 6.52. The Balaban J connectivity index is 1.86. The third kappa shape index (κ3) is 1.46. The third-order valence-corrected chi connectivity index (χ3v) is 6.52. The molecule has 0 aromatic heterocycles. The van der Waals surface area contributed by atoms with Crippen LogP contribution in [0.15, 0.2) is 47.2 Å². The number of ether oxygens (including phenoxy) is 1. The molecule has 3 heterocycles. The Bertz CT molecular complexity index is 810. The van der Waals surface area contributed by atoms with E-state index in [-0.39, 0.29) is 17.3 Å². The molecule has 3 atom stereocenters. The number of hydrogen-bond acceptors (Lipinski definition) is 4. The molecule has 1 aliphatic carbocycles. The van der Waals surface area contributed by atoms with E-state index in [9.17, 15) is 4.79 Å². The zero-order valence-electron chi connectivity index (χ0n) is 14.1. The Labute approximate surface area is 142 Å². The van der Waals surface area contributed by atoms with Gasteiger partial charge in [0.25, 0.3) is 0 Å². The van der Waals surface area contributed by atoms with Crippen LogP contribution in [0.5, 0.6) is 0 Å². The first-order valence-electron chi connectivity index (χ1n) is 8.82. The van der Waals surface area contributed by atoms with E-state index in [4.69, 9.17) is 4.74 Å². The first kappa shape index (κ1) is 14.3. The maximum absolute atomic E-state index is 12.7. The summed E-state index contributed by atoms with van der Waals surface area (Å²) in [5, 5.41) is 3.62. The number of nitrogens with zero attached hydrogens (tertiary/aromatic N) is 1. The van der Waals surface area contributed by atoms with E-state index in [2.05, 4.69) is 47.5 Å². The van der Waals surface area contributed by atoms with Crippen LogP contribution >= 0.6 is 0 Å². The molecule has 0 amide bonds. The van der Waals surface area contributed by atoms with Gasteiger partial charge < -0.3 is 10.1 Å². The van der Waals surface area contributed by atoms with Gasteiger partial charge in [-0.1, -0.05) is 24.3 Å². The highest BCUT2D eigenvalue weighted by Crippen LogP contribution is 2.61. The van der Waals surface area contributed by atoms with Gasteiger partial charge in [-0.25, -0.2) is 4.79 Å². The van der Waals surface area contributed by atoms with Crippen molar-refractivity contribution in [2.45, 2.75) is 31.2 Å². The van der Waals surface area contributed by atoms with Crippen molar-refractivity contribution in [2.24, 2.45) is 5.92 Å². The largest absolute Gasteiger partial charge is 0.466 e. The average Bonchev–Trinajstić information content (AvgIpc) is 3.17. The Morgan fingerprint density at radius 3 is 3.00 bits per heavy atom. The van der Waals surface area contributed by atoms with Crippen LogP contribution in [0, 0.1) is 5.92 Å². The number of esters is 1. The van der Waals surface area contributed by atoms with Crippen molar-refractivity contribution in [1.82, 2.24) is 4.90 Å². The minimum absolute atomic E-state index is 0.112. The molecule has 24 heavy (non-hydrogen) atoms. The smallest absolute Gasteiger partial charge is 0.336 e. The molecule has 2 bridgehead atoms. The molecular formula is C20H22N2O2. The lowest BCUT2D eigenvalue weighted by atomic mass is 9.60. The predicted molar refractivity (Wildman–Crippen MR) is 92.6 cm³/mol. The lowest BCUT2D eigenvalue weighted by Crippen LogP contribution is -2.54. The molecular weight excluding hydrogens is 300 g/mol. The summed E-state index contributed by atoms with van der Waals surface area (Å²) in [7, 11) is 1.50. The van der Waals surface area contributed by atoms with Crippen molar-refractivity contribution in [3.05, 3.63) is 52.7 Å². The van der Waals surface area contributed by atoms with Crippen LogP contribution in [0.3, 0.4) is 0 Å². The lowest BCUT2D eigenvalue weighted by molar-refractivity contribution is -0.137. The molecule has 0 unspecified atom stereocenters. The van der Waals surface area contributed by atoms with Crippen molar-refractivity contribution in [2.75, 3.05) is 25.5 Å². The summed E-state index contributed by atoms with van der Waals surface area (Å²) in [4.78, 5) is 15.3. The molecule has 1 N–H and O–H groups in total. The molecule has 4 aliphatic rings. The predicted octanol–water partition coefficient (Wildman–Crippen LogP) is 2.83. The first-order chi connectivity index (χ1) is 11.7. The van der Waals surface area contributed by atoms with Gasteiger partial charge in [0.2, 0.25) is 0 Å². The molecule has 0 saturated carbocycles. The fourth-order valence-corrected chi connectivity index (χ4v) is 5.70. The fraction of sp³-hybridized carbons (Fsp3) is 0.450. The van der Waals surface area contributed by atoms with E-state index in [1.165, 1.54) is 18.2 Å². The number of para-hydroxylation sites is 1. The van der Waals surface area contributed by atoms with E-state index >= 15 is 0 Å². The maximum atomic E-state index is 12.7. The van der Waals surface area contributed by atoms with Crippen LogP contribution < -0.4 is 5.32 Å². The highest BCUT2D eigenvalue weighted by Gasteiger charge is 2.63. The number of allylic oxidation sites excluding steroid dienone is 1. The summed E-state index contributed by atoms with van der Waals surface area (Å²) in [6.07, 6.45) is 4.30. The average molecular weight is 322 g/mol. The number of nitrogens with one attached hydrogen (secondary N) is 1. The second-order valence-corrected chi connectivity index (χ2v) is 7.24. The highest BCUT2D eigenvalue weighted by molar-refractivity contribution is 5.94. The minimum Gasteiger partial charge on any atom is -0.466 e. The summed E-state index contributed by atoms with van der Waals surface area (Å²) >= 11 is 0. The van der Waals surface area contributed by atoms with Crippen LogP contribution in [0.1, 0.15) is 25.3 Å². The normalized spacial score (nSPS) is 34.8. The molecule has 3 aliphatic heterocycles. The molecule has 1 aromatic rings. The maximum Gasteiger partial charge on any atom is 0.336 e. The van der Waals surface area contributed by atoms with Gasteiger partial charge in [-0.2, -0.15) is 0 Å². The summed E-state index contributed by atoms with van der Waals surface area (Å²) in [6.45, 7) is 4.26. The molecule has 4 heteroatoms. The molecule has 1 aromatic carbocycles. The Morgan fingerprint density at radius 1 is 1.38 bits per heavy atom. The van der Waals surface area contributed by atoms with E-state index in [0.717, 1.165) is 42.9 Å². The SMILES string of the molecule is CC=C1[C@@H]2CCN3CC[C@@]4(C(=C2C(=O)OC)Nc2ccccc24)[C@@H]13. The number of anilines is 1. The lowest BCUT2D eigenvalue weighted by Gasteiger charge is -2.49. The van der Waals surface area contributed by atoms with Crippen LogP contribution in [0.25, 0.3) is 0 Å². The molecule has 2 fully saturated rings. The van der Waals surface area contributed by atoms with Crippen LogP contribution in [-0.4, -0.2) is 37.1 Å². The number of fused-ring (bicyclic) bond motifs is 2. The molecule has 124 valence electrons. The Kier molecular flexibility index (Phi) is 2.82. The number of carbonyl (C=O) groups is 1. The second-order valence-electron chi connectivity index (χ2n) is 7.24. The zero-order valence-corrected chi connectivity index (χ0v) is 14.1. The summed E-state index contributed by atoms with van der Waals surface area (Å²) in [5.74, 6) is 0.0135. The van der Waals surface area contributed by atoms with E-state index in [0.29, 0.717) is 6.04 Å². The quantitative estimate of drug-likeness (QED) is 0.638. The van der Waals surface area contributed by atoms with E-state index in [1.54, 1.807) is 0 Å². The van der Waals surface area contributed by atoms with E-state index < -0.39 is 0 Å². The number of piperidine rings is 1. The zero-order chi connectivity index (χ0) is 16.5. The van der Waals surface area contributed by atoms with Crippen molar-refractivity contribution >= 4 is 11.7 Å². The van der Waals surface area contributed by atoms with Gasteiger partial charge in [0.1, 0.15) is 0 Å². The Morgan fingerprint density at radius 2 is 2.21 bits per heavy atom. The number of rotatable bonds is 1. The molecule has 4 nitrogen and oxygen atoms in total. The highest BCUT2D eigenvalue weighted by atomic mass is 16.5. The number of methoxy groups -OCH3 is 1. The van der Waals surface area contributed by atoms with Gasteiger partial charge in [0.05, 0.1) is 18.1 Å². The monoisotopic (exact) mass is 322 g/mol. The van der Waals surface area contributed by atoms with Gasteiger partial charge in [-0.15, -0.1) is 0 Å². The molecule has 2 saturated heterocycles. The van der Waals surface area contributed by atoms with Crippen molar-refractivity contribution in [3.8, 4) is 0 Å². The van der Waals surface area contributed by atoms with Crippen molar-refractivity contribution in [1.29, 1.82) is 0 Å². The molecule has 0 radical (unpaired) electrons. The fourth-order valence-electron chi connectivity index (χ4n) is 5.70. The number of benzene rings is 1. The summed E-state index contributed by atoms with van der Waals surface area (Å²) in [6, 6.07) is 8.92. The summed E-state index contributed by atoms with van der Waals surface area (Å²) < 4.78 is 5.21. The molecule has 5 rings (SSSR count). The van der Waals surface area contributed by atoms with Gasteiger partial charge >= 0.3 is 5.97 Å². The number of carbonyl (C=O) groups excluding carboxylic acids is 1. The van der Waals surface area contributed by atoms with Gasteiger partial charge in [-0.3, -0.25) is 4.90 Å². The van der Waals surface area contributed by atoms with Crippen molar-refractivity contribution in [3.63, 3.8) is 0 Å². The van der Waals surface area contributed by atoms with Gasteiger partial charge in [0, 0.05) is 29.9 Å². The van der Waals surface area contributed by atoms with Gasteiger partial charge in [0.15, 0.2) is 0 Å². The standard InChI is InChI=1S/C20H22N2O2/c1-3-12-13-8-10-22-11-9-20(18(12)22)14-6-4-5-7-15(14)21-17(20)16(13)19(23)24-2/h3-7,13,18,21H,8-11H2,1-2H3/t13-,18+,20+/m0/s1. The van der Waals surface area contributed by atoms with Crippen LogP contribution in [-0.2, 0) is 14.9 Å². The molecule has 1 spiro atoms. The Hall–Kier alpha value is -2.07. The van der Waals surface area contributed by atoms with Crippen LogP contribution in [0.4, 0.5) is 5.69 Å². The van der Waals surface area contributed by atoms with Gasteiger partial charge in [-0.05, 0) is 43.5 Å². The minimum atomic E-state index is -0.173. The topological polar surface area (TPSA) is 41.6 Å². The summed E-state index contributed by atoms with van der Waals surface area (Å²) in [5.41, 5.74) is 5.76. The van der Waals surface area contributed by atoms with Crippen LogP contribution in [0.2, 0.25) is 0 Å². The van der Waals surface area contributed by atoms with Crippen molar-refractivity contribution < 1.29 is 9.53 Å². The number of hydrogen-bond donors (Lipinski definition) is 1. The van der Waals surface area contributed by atoms with E-state index in [1.807, 2.05) is 0 Å². The first-order valence-corrected chi connectivity index (χ1v) is 8.82. The second kappa shape index (κ2) is 4.73.